The quantitative estimate of drug-likeness (QED) is 0.679. The highest BCUT2D eigenvalue weighted by Gasteiger charge is 2.04. The van der Waals surface area contributed by atoms with E-state index in [1.54, 1.807) is 0 Å². The number of ether oxygens (including phenoxy) is 1. The van der Waals surface area contributed by atoms with E-state index in [9.17, 15) is 0 Å². The van der Waals surface area contributed by atoms with Gasteiger partial charge in [0.05, 0.1) is 6.61 Å². The third-order valence-electron chi connectivity index (χ3n) is 2.74. The van der Waals surface area contributed by atoms with E-state index < -0.39 is 0 Å². The Morgan fingerprint density at radius 3 is 2.62 bits per heavy atom. The van der Waals surface area contributed by atoms with Crippen molar-refractivity contribution in [3.63, 3.8) is 0 Å². The molecule has 1 heteroatoms. The Kier molecular flexibility index (Phi) is 5.50. The van der Waals surface area contributed by atoms with E-state index in [0.29, 0.717) is 5.92 Å². The van der Waals surface area contributed by atoms with Gasteiger partial charge in [-0.1, -0.05) is 38.7 Å². The van der Waals surface area contributed by atoms with Crippen LogP contribution in [-0.4, -0.2) is 6.61 Å². The highest BCUT2D eigenvalue weighted by molar-refractivity contribution is 5.39. The van der Waals surface area contributed by atoms with E-state index in [-0.39, 0.29) is 0 Å². The molecule has 0 fully saturated rings. The summed E-state index contributed by atoms with van der Waals surface area (Å²) in [6, 6.07) is 7.98. The van der Waals surface area contributed by atoms with Gasteiger partial charge >= 0.3 is 0 Å². The molecule has 0 saturated heterocycles. The smallest absolute Gasteiger partial charge is 0.120 e. The van der Waals surface area contributed by atoms with E-state index >= 15 is 0 Å². The number of benzene rings is 1. The van der Waals surface area contributed by atoms with Gasteiger partial charge in [-0.3, -0.25) is 0 Å². The molecule has 1 rings (SSSR count). The van der Waals surface area contributed by atoms with Crippen molar-refractivity contribution in [2.45, 2.75) is 33.6 Å². The van der Waals surface area contributed by atoms with Crippen LogP contribution in [0.3, 0.4) is 0 Å². The normalized spacial score (nSPS) is 9.75. The monoisotopic (exact) mass is 216 g/mol. The van der Waals surface area contributed by atoms with Crippen molar-refractivity contribution in [2.24, 2.45) is 5.92 Å². The van der Waals surface area contributed by atoms with Crippen molar-refractivity contribution >= 4 is 0 Å². The largest absolute Gasteiger partial charge is 0.493 e. The summed E-state index contributed by atoms with van der Waals surface area (Å²) in [5.74, 6) is 7.50. The van der Waals surface area contributed by atoms with E-state index in [0.717, 1.165) is 17.9 Å². The van der Waals surface area contributed by atoms with Gasteiger partial charge in [0, 0.05) is 5.56 Å². The Hall–Kier alpha value is -1.42. The Bertz CT molecular complexity index is 367. The molecule has 0 N–H and O–H groups in total. The second kappa shape index (κ2) is 6.95. The molecule has 1 aromatic carbocycles. The molecule has 1 nitrogen and oxygen atoms in total. The summed E-state index contributed by atoms with van der Waals surface area (Å²) in [4.78, 5) is 0. The molecule has 0 aromatic heterocycles. The fraction of sp³-hybridized carbons (Fsp3) is 0.467. The van der Waals surface area contributed by atoms with Gasteiger partial charge in [0.1, 0.15) is 5.75 Å². The van der Waals surface area contributed by atoms with Gasteiger partial charge in [-0.05, 0) is 31.0 Å². The van der Waals surface area contributed by atoms with Gasteiger partial charge in [-0.15, -0.1) is 5.92 Å². The van der Waals surface area contributed by atoms with Crippen molar-refractivity contribution in [2.75, 3.05) is 6.61 Å². The van der Waals surface area contributed by atoms with Gasteiger partial charge in [0.15, 0.2) is 0 Å². The second-order valence-electron chi connectivity index (χ2n) is 3.90. The lowest BCUT2D eigenvalue weighted by molar-refractivity contribution is 0.240. The van der Waals surface area contributed by atoms with Crippen molar-refractivity contribution in [1.82, 2.24) is 0 Å². The van der Waals surface area contributed by atoms with Crippen LogP contribution in [0.25, 0.3) is 0 Å². The summed E-state index contributed by atoms with van der Waals surface area (Å²) in [5.41, 5.74) is 1.02. The molecule has 0 unspecified atom stereocenters. The summed E-state index contributed by atoms with van der Waals surface area (Å²) in [6.45, 7) is 7.06. The Labute approximate surface area is 98.8 Å². The van der Waals surface area contributed by atoms with Gasteiger partial charge in [0.2, 0.25) is 0 Å². The summed E-state index contributed by atoms with van der Waals surface area (Å²) < 4.78 is 5.77. The van der Waals surface area contributed by atoms with Crippen LogP contribution >= 0.6 is 0 Å². The standard InChI is InChI=1S/C15H20O/c1-4-8-14-9-7-10-15(11-14)16-12-13(5-2)6-3/h7,9-11,13H,5-6,12H2,1-3H3. The third kappa shape index (κ3) is 3.98. The lowest BCUT2D eigenvalue weighted by Gasteiger charge is -2.13. The van der Waals surface area contributed by atoms with Crippen LogP contribution in [0.15, 0.2) is 24.3 Å². The maximum absolute atomic E-state index is 5.77. The van der Waals surface area contributed by atoms with E-state index in [1.165, 1.54) is 12.8 Å². The summed E-state index contributed by atoms with van der Waals surface area (Å²) in [5, 5.41) is 0. The third-order valence-corrected chi connectivity index (χ3v) is 2.74. The van der Waals surface area contributed by atoms with Crippen LogP contribution in [0.4, 0.5) is 0 Å². The van der Waals surface area contributed by atoms with Crippen molar-refractivity contribution < 1.29 is 4.74 Å². The van der Waals surface area contributed by atoms with E-state index in [2.05, 4.69) is 25.7 Å². The molecule has 86 valence electrons. The number of rotatable bonds is 5. The average Bonchev–Trinajstić information content (AvgIpc) is 2.31. The maximum Gasteiger partial charge on any atom is 0.120 e. The zero-order valence-corrected chi connectivity index (χ0v) is 10.4. The molecule has 0 heterocycles. The van der Waals surface area contributed by atoms with E-state index in [4.69, 9.17) is 4.74 Å². The van der Waals surface area contributed by atoms with Crippen LogP contribution in [0.2, 0.25) is 0 Å². The molecule has 0 spiro atoms. The molecule has 0 aliphatic heterocycles. The molecular formula is C15H20O. The molecular weight excluding hydrogens is 196 g/mol. The Morgan fingerprint density at radius 2 is 2.00 bits per heavy atom. The second-order valence-corrected chi connectivity index (χ2v) is 3.90. The fourth-order valence-corrected chi connectivity index (χ4v) is 1.55. The summed E-state index contributed by atoms with van der Waals surface area (Å²) >= 11 is 0. The average molecular weight is 216 g/mol. The first kappa shape index (κ1) is 12.6. The van der Waals surface area contributed by atoms with Crippen molar-refractivity contribution in [3.05, 3.63) is 29.8 Å². The topological polar surface area (TPSA) is 9.23 Å². The van der Waals surface area contributed by atoms with Crippen LogP contribution in [-0.2, 0) is 0 Å². The van der Waals surface area contributed by atoms with Gasteiger partial charge in [0.25, 0.3) is 0 Å². The highest BCUT2D eigenvalue weighted by Crippen LogP contribution is 2.15. The zero-order valence-electron chi connectivity index (χ0n) is 10.4. The number of hydrogen-bond donors (Lipinski definition) is 0. The predicted molar refractivity (Wildman–Crippen MR) is 68.6 cm³/mol. The Balaban J connectivity index is 2.59. The van der Waals surface area contributed by atoms with Crippen LogP contribution in [0.5, 0.6) is 5.75 Å². The fourth-order valence-electron chi connectivity index (χ4n) is 1.55. The van der Waals surface area contributed by atoms with Crippen molar-refractivity contribution in [3.8, 4) is 17.6 Å². The first-order valence-corrected chi connectivity index (χ1v) is 5.95. The maximum atomic E-state index is 5.77. The molecule has 0 bridgehead atoms. The van der Waals surface area contributed by atoms with Crippen LogP contribution in [0.1, 0.15) is 39.2 Å². The predicted octanol–water partition coefficient (Wildman–Crippen LogP) is 3.87. The minimum Gasteiger partial charge on any atom is -0.493 e. The molecule has 0 saturated carbocycles. The minimum atomic E-state index is 0.654. The molecule has 16 heavy (non-hydrogen) atoms. The van der Waals surface area contributed by atoms with Crippen molar-refractivity contribution in [1.29, 1.82) is 0 Å². The van der Waals surface area contributed by atoms with Gasteiger partial charge in [-0.2, -0.15) is 0 Å². The molecule has 0 amide bonds. The summed E-state index contributed by atoms with van der Waals surface area (Å²) in [7, 11) is 0. The molecule has 0 aliphatic rings. The first-order chi connectivity index (χ1) is 7.80. The van der Waals surface area contributed by atoms with Crippen LogP contribution in [0, 0.1) is 17.8 Å². The lowest BCUT2D eigenvalue weighted by Crippen LogP contribution is -2.10. The minimum absolute atomic E-state index is 0.654. The SMILES string of the molecule is CC#Cc1cccc(OCC(CC)CC)c1. The molecule has 0 atom stereocenters. The first-order valence-electron chi connectivity index (χ1n) is 5.95. The zero-order chi connectivity index (χ0) is 11.8. The number of hydrogen-bond acceptors (Lipinski definition) is 1. The molecule has 0 aliphatic carbocycles. The Morgan fingerprint density at radius 1 is 1.25 bits per heavy atom. The molecule has 0 radical (unpaired) electrons. The van der Waals surface area contributed by atoms with Gasteiger partial charge in [-0.25, -0.2) is 0 Å². The van der Waals surface area contributed by atoms with Gasteiger partial charge < -0.3 is 4.74 Å². The molecule has 1 aromatic rings. The summed E-state index contributed by atoms with van der Waals surface area (Å²) in [6.07, 6.45) is 2.34. The van der Waals surface area contributed by atoms with E-state index in [1.807, 2.05) is 31.2 Å². The van der Waals surface area contributed by atoms with Crippen LogP contribution < -0.4 is 4.74 Å². The lowest BCUT2D eigenvalue weighted by atomic mass is 10.1. The highest BCUT2D eigenvalue weighted by atomic mass is 16.5.